The summed E-state index contributed by atoms with van der Waals surface area (Å²) in [6.45, 7) is 6.33. The van der Waals surface area contributed by atoms with Crippen molar-refractivity contribution in [2.75, 3.05) is 32.7 Å². The molecule has 1 aromatic carbocycles. The zero-order valence-electron chi connectivity index (χ0n) is 17.7. The molecule has 2 fully saturated rings. The van der Waals surface area contributed by atoms with Crippen molar-refractivity contribution in [2.45, 2.75) is 38.9 Å². The summed E-state index contributed by atoms with van der Waals surface area (Å²) in [6.07, 6.45) is -2.09. The first-order valence-corrected chi connectivity index (χ1v) is 10.6. The van der Waals surface area contributed by atoms with Crippen LogP contribution >= 0.6 is 0 Å². The number of carbonyl (C=O) groups is 2. The SMILES string of the molecule is Cc1cc(C(=O)CN2CCN(C(=O)c3ccc(C(F)(F)F)cc3)CC2)c(C)n1C1CC1. The van der Waals surface area contributed by atoms with Gasteiger partial charge in [-0.3, -0.25) is 14.5 Å². The molecule has 0 bridgehead atoms. The van der Waals surface area contributed by atoms with E-state index in [-0.39, 0.29) is 17.3 Å². The highest BCUT2D eigenvalue weighted by molar-refractivity contribution is 5.99. The molecule has 0 atom stereocenters. The first-order chi connectivity index (χ1) is 14.6. The molecule has 5 nitrogen and oxygen atoms in total. The van der Waals surface area contributed by atoms with Crippen molar-refractivity contribution in [2.24, 2.45) is 0 Å². The van der Waals surface area contributed by atoms with Crippen LogP contribution in [0.4, 0.5) is 13.2 Å². The number of alkyl halides is 3. The van der Waals surface area contributed by atoms with Crippen LogP contribution in [0.15, 0.2) is 30.3 Å². The number of nitrogens with zero attached hydrogens (tertiary/aromatic N) is 3. The molecule has 1 saturated heterocycles. The lowest BCUT2D eigenvalue weighted by Gasteiger charge is -2.34. The molecule has 0 N–H and O–H groups in total. The monoisotopic (exact) mass is 433 g/mol. The maximum absolute atomic E-state index is 12.9. The van der Waals surface area contributed by atoms with Crippen LogP contribution in [0, 0.1) is 13.8 Å². The Hall–Kier alpha value is -2.61. The summed E-state index contributed by atoms with van der Waals surface area (Å²) >= 11 is 0. The van der Waals surface area contributed by atoms with E-state index in [2.05, 4.69) is 4.57 Å². The quantitative estimate of drug-likeness (QED) is 0.667. The fourth-order valence-corrected chi connectivity index (χ4v) is 4.34. The lowest BCUT2D eigenvalue weighted by molar-refractivity contribution is -0.137. The van der Waals surface area contributed by atoms with Crippen LogP contribution in [0.2, 0.25) is 0 Å². The molecule has 1 amide bonds. The van der Waals surface area contributed by atoms with Gasteiger partial charge in [0.05, 0.1) is 12.1 Å². The lowest BCUT2D eigenvalue weighted by Crippen LogP contribution is -2.49. The summed E-state index contributed by atoms with van der Waals surface area (Å²) < 4.78 is 40.4. The Labute approximate surface area is 179 Å². The minimum atomic E-state index is -4.42. The van der Waals surface area contributed by atoms with E-state index in [9.17, 15) is 22.8 Å². The summed E-state index contributed by atoms with van der Waals surface area (Å²) in [7, 11) is 0. The Morgan fingerprint density at radius 1 is 1.00 bits per heavy atom. The van der Waals surface area contributed by atoms with Crippen LogP contribution in [0.3, 0.4) is 0 Å². The van der Waals surface area contributed by atoms with Gasteiger partial charge in [-0.1, -0.05) is 0 Å². The third-order valence-electron chi connectivity index (χ3n) is 6.18. The second-order valence-corrected chi connectivity index (χ2v) is 8.45. The fraction of sp³-hybridized carbons (Fsp3) is 0.478. The number of Topliss-reactive ketones (excluding diaryl/α,β-unsaturated/α-hetero) is 1. The number of piperazine rings is 1. The number of carbonyl (C=O) groups excluding carboxylic acids is 2. The molecular weight excluding hydrogens is 407 g/mol. The first kappa shape index (κ1) is 21.6. The number of ketones is 1. The molecule has 31 heavy (non-hydrogen) atoms. The predicted molar refractivity (Wildman–Crippen MR) is 110 cm³/mol. The smallest absolute Gasteiger partial charge is 0.345 e. The maximum Gasteiger partial charge on any atom is 0.416 e. The van der Waals surface area contributed by atoms with Crippen molar-refractivity contribution in [3.63, 3.8) is 0 Å². The molecule has 0 radical (unpaired) electrons. The summed E-state index contributed by atoms with van der Waals surface area (Å²) in [5.74, 6) is -0.199. The molecule has 1 aromatic heterocycles. The van der Waals surface area contributed by atoms with Gasteiger partial charge in [0.1, 0.15) is 0 Å². The number of hydrogen-bond acceptors (Lipinski definition) is 3. The molecule has 1 saturated carbocycles. The lowest BCUT2D eigenvalue weighted by atomic mass is 10.1. The zero-order valence-corrected chi connectivity index (χ0v) is 17.7. The summed E-state index contributed by atoms with van der Waals surface area (Å²) in [5, 5.41) is 0. The number of rotatable bonds is 5. The van der Waals surface area contributed by atoms with Gasteiger partial charge in [0, 0.05) is 54.7 Å². The van der Waals surface area contributed by atoms with Crippen LogP contribution in [0.25, 0.3) is 0 Å². The van der Waals surface area contributed by atoms with E-state index in [4.69, 9.17) is 0 Å². The number of amides is 1. The Bertz CT molecular complexity index is 983. The van der Waals surface area contributed by atoms with Crippen molar-refractivity contribution >= 4 is 11.7 Å². The van der Waals surface area contributed by atoms with Crippen LogP contribution in [0.1, 0.15) is 56.6 Å². The molecule has 0 spiro atoms. The van der Waals surface area contributed by atoms with Gasteiger partial charge in [-0.05, 0) is 57.0 Å². The van der Waals surface area contributed by atoms with E-state index >= 15 is 0 Å². The zero-order chi connectivity index (χ0) is 22.3. The topological polar surface area (TPSA) is 45.6 Å². The molecule has 1 aliphatic heterocycles. The highest BCUT2D eigenvalue weighted by Crippen LogP contribution is 2.38. The number of aryl methyl sites for hydroxylation is 1. The second kappa shape index (κ2) is 8.15. The number of aromatic nitrogens is 1. The summed E-state index contributed by atoms with van der Waals surface area (Å²) in [4.78, 5) is 29.1. The summed E-state index contributed by atoms with van der Waals surface area (Å²) in [5.41, 5.74) is 2.39. The van der Waals surface area contributed by atoms with Crippen LogP contribution < -0.4 is 0 Å². The Morgan fingerprint density at radius 2 is 1.61 bits per heavy atom. The van der Waals surface area contributed by atoms with Crippen LogP contribution in [0.5, 0.6) is 0 Å². The molecule has 166 valence electrons. The molecule has 2 aliphatic rings. The standard InChI is InChI=1S/C23H26F3N3O2/c1-15-13-20(16(2)29(15)19-7-8-19)21(30)14-27-9-11-28(12-10-27)22(31)17-3-5-18(6-4-17)23(24,25)26/h3-6,13,19H,7-12,14H2,1-2H3. The van der Waals surface area contributed by atoms with Gasteiger partial charge in [0.15, 0.2) is 5.78 Å². The normalized spacial score (nSPS) is 17.8. The van der Waals surface area contributed by atoms with Gasteiger partial charge in [-0.25, -0.2) is 0 Å². The number of benzene rings is 1. The van der Waals surface area contributed by atoms with Crippen molar-refractivity contribution in [1.82, 2.24) is 14.4 Å². The highest BCUT2D eigenvalue weighted by Gasteiger charge is 2.31. The van der Waals surface area contributed by atoms with Gasteiger partial charge in [0.2, 0.25) is 0 Å². The van der Waals surface area contributed by atoms with Gasteiger partial charge in [-0.15, -0.1) is 0 Å². The van der Waals surface area contributed by atoms with E-state index in [1.165, 1.54) is 25.0 Å². The molecule has 2 heterocycles. The van der Waals surface area contributed by atoms with Gasteiger partial charge in [0.25, 0.3) is 5.91 Å². The minimum Gasteiger partial charge on any atom is -0.345 e. The summed E-state index contributed by atoms with van der Waals surface area (Å²) in [6, 6.07) is 6.80. The molecule has 4 rings (SSSR count). The van der Waals surface area contributed by atoms with E-state index in [0.717, 1.165) is 29.1 Å². The first-order valence-electron chi connectivity index (χ1n) is 10.6. The molecule has 1 aliphatic carbocycles. The highest BCUT2D eigenvalue weighted by atomic mass is 19.4. The molecular formula is C23H26F3N3O2. The van der Waals surface area contributed by atoms with E-state index in [1.54, 1.807) is 4.90 Å². The second-order valence-electron chi connectivity index (χ2n) is 8.45. The Morgan fingerprint density at radius 3 is 2.16 bits per heavy atom. The van der Waals surface area contributed by atoms with Crippen molar-refractivity contribution in [3.05, 3.63) is 58.4 Å². The van der Waals surface area contributed by atoms with Gasteiger partial charge in [-0.2, -0.15) is 13.2 Å². The Kier molecular flexibility index (Phi) is 5.68. The average Bonchev–Trinajstić information content (AvgIpc) is 3.51. The predicted octanol–water partition coefficient (Wildman–Crippen LogP) is 4.10. The molecule has 2 aromatic rings. The third kappa shape index (κ3) is 4.54. The van der Waals surface area contributed by atoms with Gasteiger partial charge < -0.3 is 9.47 Å². The Balaban J connectivity index is 1.33. The van der Waals surface area contributed by atoms with Crippen LogP contribution in [-0.4, -0.2) is 58.8 Å². The molecule has 8 heteroatoms. The third-order valence-corrected chi connectivity index (χ3v) is 6.18. The number of halogens is 3. The van der Waals surface area contributed by atoms with Crippen LogP contribution in [-0.2, 0) is 6.18 Å². The van der Waals surface area contributed by atoms with Crippen molar-refractivity contribution < 1.29 is 22.8 Å². The van der Waals surface area contributed by atoms with Crippen molar-refractivity contribution in [3.8, 4) is 0 Å². The maximum atomic E-state index is 12.9. The number of hydrogen-bond donors (Lipinski definition) is 0. The minimum absolute atomic E-state index is 0.0857. The van der Waals surface area contributed by atoms with E-state index in [1.807, 2.05) is 24.8 Å². The van der Waals surface area contributed by atoms with E-state index in [0.29, 0.717) is 38.8 Å². The molecule has 0 unspecified atom stereocenters. The fourth-order valence-electron chi connectivity index (χ4n) is 4.34. The largest absolute Gasteiger partial charge is 0.416 e. The average molecular weight is 433 g/mol. The van der Waals surface area contributed by atoms with E-state index < -0.39 is 11.7 Å². The van der Waals surface area contributed by atoms with Gasteiger partial charge >= 0.3 is 6.18 Å². The van der Waals surface area contributed by atoms with Crippen molar-refractivity contribution in [1.29, 1.82) is 0 Å².